The topological polar surface area (TPSA) is 237 Å². The Bertz CT molecular complexity index is 1890. The summed E-state index contributed by atoms with van der Waals surface area (Å²) in [4.78, 5) is 72.9. The molecular formula is C78H152O17P2. The van der Waals surface area contributed by atoms with Gasteiger partial charge >= 0.3 is 39.5 Å². The second-order valence-corrected chi connectivity index (χ2v) is 32.4. The molecule has 0 aromatic carbocycles. The quantitative estimate of drug-likeness (QED) is 0.0222. The Morgan fingerprint density at radius 1 is 0.278 bits per heavy atom. The largest absolute Gasteiger partial charge is 0.472 e. The summed E-state index contributed by atoms with van der Waals surface area (Å²) >= 11 is 0. The second-order valence-electron chi connectivity index (χ2n) is 29.5. The number of aliphatic hydroxyl groups is 1. The molecule has 0 saturated heterocycles. The molecule has 19 heteroatoms. The van der Waals surface area contributed by atoms with E-state index in [4.69, 9.17) is 37.0 Å². The van der Waals surface area contributed by atoms with Crippen LogP contribution in [0.25, 0.3) is 0 Å². The van der Waals surface area contributed by atoms with E-state index in [1.807, 2.05) is 0 Å². The highest BCUT2D eigenvalue weighted by Gasteiger charge is 2.30. The van der Waals surface area contributed by atoms with Crippen LogP contribution >= 0.6 is 15.6 Å². The summed E-state index contributed by atoms with van der Waals surface area (Å²) in [5.41, 5.74) is 0. The summed E-state index contributed by atoms with van der Waals surface area (Å²) in [6, 6.07) is 0. The highest BCUT2D eigenvalue weighted by atomic mass is 31.2. The predicted molar refractivity (Wildman–Crippen MR) is 395 cm³/mol. The van der Waals surface area contributed by atoms with Crippen LogP contribution in [-0.4, -0.2) is 96.7 Å². The first kappa shape index (κ1) is 95.1. The first-order valence-corrected chi connectivity index (χ1v) is 43.3. The molecule has 2 unspecified atom stereocenters. The molecule has 5 atom stereocenters. The van der Waals surface area contributed by atoms with Crippen LogP contribution in [0, 0.1) is 17.8 Å². The minimum Gasteiger partial charge on any atom is -0.462 e. The van der Waals surface area contributed by atoms with Gasteiger partial charge in [-0.2, -0.15) is 0 Å². The Labute approximate surface area is 594 Å². The third-order valence-electron chi connectivity index (χ3n) is 18.1. The Balaban J connectivity index is 5.24. The molecule has 3 N–H and O–H groups in total. The lowest BCUT2D eigenvalue weighted by atomic mass is 10.0. The Hall–Kier alpha value is -1.94. The Morgan fingerprint density at radius 3 is 0.701 bits per heavy atom. The van der Waals surface area contributed by atoms with Gasteiger partial charge in [-0.3, -0.25) is 37.3 Å². The van der Waals surface area contributed by atoms with E-state index >= 15 is 0 Å². The number of carbonyl (C=O) groups excluding carboxylic acids is 4. The van der Waals surface area contributed by atoms with Gasteiger partial charge in [-0.05, 0) is 43.4 Å². The maximum atomic E-state index is 13.1. The van der Waals surface area contributed by atoms with Crippen LogP contribution in [0.1, 0.15) is 402 Å². The number of esters is 4. The van der Waals surface area contributed by atoms with Crippen molar-refractivity contribution >= 4 is 39.5 Å². The van der Waals surface area contributed by atoms with Crippen LogP contribution < -0.4 is 0 Å². The number of aliphatic hydroxyl groups excluding tert-OH is 1. The smallest absolute Gasteiger partial charge is 0.462 e. The number of phosphoric ester groups is 2. The summed E-state index contributed by atoms with van der Waals surface area (Å²) in [6.45, 7) is 11.9. The lowest BCUT2D eigenvalue weighted by Crippen LogP contribution is -2.30. The third kappa shape index (κ3) is 72.2. The Kier molecular flexibility index (Phi) is 67.1. The van der Waals surface area contributed by atoms with Crippen molar-refractivity contribution in [2.45, 2.75) is 420 Å². The highest BCUT2D eigenvalue weighted by Crippen LogP contribution is 2.45. The molecule has 0 amide bonds. The van der Waals surface area contributed by atoms with Crippen LogP contribution in [0.3, 0.4) is 0 Å². The third-order valence-corrected chi connectivity index (χ3v) is 20.0. The fourth-order valence-corrected chi connectivity index (χ4v) is 13.5. The normalized spacial score (nSPS) is 14.0. The van der Waals surface area contributed by atoms with E-state index in [1.54, 1.807) is 0 Å². The molecule has 0 saturated carbocycles. The Morgan fingerprint density at radius 2 is 0.474 bits per heavy atom. The molecule has 576 valence electrons. The lowest BCUT2D eigenvalue weighted by molar-refractivity contribution is -0.161. The molecule has 0 spiro atoms. The molecular weight excluding hydrogens is 1270 g/mol. The van der Waals surface area contributed by atoms with Crippen LogP contribution in [0.15, 0.2) is 0 Å². The zero-order valence-electron chi connectivity index (χ0n) is 63.5. The molecule has 0 aromatic rings. The summed E-state index contributed by atoms with van der Waals surface area (Å²) in [5.74, 6) is 0.171. The van der Waals surface area contributed by atoms with E-state index in [0.29, 0.717) is 31.6 Å². The van der Waals surface area contributed by atoms with Gasteiger partial charge in [0, 0.05) is 25.7 Å². The second kappa shape index (κ2) is 68.5. The van der Waals surface area contributed by atoms with Crippen molar-refractivity contribution in [1.82, 2.24) is 0 Å². The van der Waals surface area contributed by atoms with Crippen molar-refractivity contribution in [3.8, 4) is 0 Å². The monoisotopic (exact) mass is 1420 g/mol. The van der Waals surface area contributed by atoms with Gasteiger partial charge < -0.3 is 33.8 Å². The fraction of sp³-hybridized carbons (Fsp3) is 0.949. The molecule has 0 fully saturated rings. The average molecular weight is 1420 g/mol. The van der Waals surface area contributed by atoms with Crippen LogP contribution in [-0.2, 0) is 65.4 Å². The fourth-order valence-electron chi connectivity index (χ4n) is 12.0. The molecule has 0 bridgehead atoms. The van der Waals surface area contributed by atoms with Gasteiger partial charge in [0.05, 0.1) is 26.4 Å². The van der Waals surface area contributed by atoms with Gasteiger partial charge in [0.25, 0.3) is 0 Å². The number of ether oxygens (including phenoxy) is 4. The van der Waals surface area contributed by atoms with Crippen LogP contribution in [0.2, 0.25) is 0 Å². The van der Waals surface area contributed by atoms with Crippen molar-refractivity contribution in [3.05, 3.63) is 0 Å². The molecule has 17 nitrogen and oxygen atoms in total. The van der Waals surface area contributed by atoms with E-state index in [1.165, 1.54) is 205 Å². The van der Waals surface area contributed by atoms with Gasteiger partial charge in [-0.25, -0.2) is 9.13 Å². The number of hydrogen-bond donors (Lipinski definition) is 3. The molecule has 0 aliphatic rings. The van der Waals surface area contributed by atoms with Crippen molar-refractivity contribution < 1.29 is 80.2 Å². The lowest BCUT2D eigenvalue weighted by Gasteiger charge is -2.21. The highest BCUT2D eigenvalue weighted by molar-refractivity contribution is 7.47. The van der Waals surface area contributed by atoms with E-state index in [2.05, 4.69) is 48.5 Å². The standard InChI is InChI=1S/C78H152O17P2/c1-8-9-10-11-12-13-14-15-21-26-32-39-47-54-61-78(83)95-74(66-89-76(81)60-53-46-41-34-37-44-51-58-71(6)7)68-93-97(86,87)91-64-72(79)63-90-96(84,85)92-67-73(65-88-75(80)59-52-45-38-31-28-23-25-30-36-43-50-57-70(4)5)94-77(82)62-55-48-40-33-27-22-19-17-16-18-20-24-29-35-42-49-56-69(2)3/h69-74,79H,8-68H2,1-7H3,(H,84,85)(H,86,87)/t72-,73-,74-/m1/s1. The molecule has 0 rings (SSSR count). The summed E-state index contributed by atoms with van der Waals surface area (Å²) in [7, 11) is -9.92. The average Bonchev–Trinajstić information content (AvgIpc) is 1.27. The number of carbonyl (C=O) groups is 4. The number of phosphoric acid groups is 2. The van der Waals surface area contributed by atoms with E-state index in [9.17, 15) is 43.2 Å². The zero-order chi connectivity index (χ0) is 71.6. The van der Waals surface area contributed by atoms with Gasteiger partial charge in [0.2, 0.25) is 0 Å². The molecule has 0 radical (unpaired) electrons. The first-order chi connectivity index (χ1) is 46.7. The van der Waals surface area contributed by atoms with Gasteiger partial charge in [0.15, 0.2) is 12.2 Å². The van der Waals surface area contributed by atoms with Crippen molar-refractivity contribution in [2.24, 2.45) is 17.8 Å². The number of rotatable bonds is 76. The summed E-state index contributed by atoms with van der Waals surface area (Å²) < 4.78 is 68.6. The summed E-state index contributed by atoms with van der Waals surface area (Å²) in [5, 5.41) is 10.6. The van der Waals surface area contributed by atoms with Crippen molar-refractivity contribution in [3.63, 3.8) is 0 Å². The predicted octanol–water partition coefficient (Wildman–Crippen LogP) is 23.0. The first-order valence-electron chi connectivity index (χ1n) is 40.3. The summed E-state index contributed by atoms with van der Waals surface area (Å²) in [6.07, 6.45) is 55.5. The molecule has 0 aliphatic heterocycles. The molecule has 0 heterocycles. The van der Waals surface area contributed by atoms with E-state index in [0.717, 1.165) is 108 Å². The van der Waals surface area contributed by atoms with Crippen LogP contribution in [0.4, 0.5) is 0 Å². The molecule has 0 aliphatic carbocycles. The van der Waals surface area contributed by atoms with Gasteiger partial charge in [0.1, 0.15) is 19.3 Å². The van der Waals surface area contributed by atoms with Crippen LogP contribution in [0.5, 0.6) is 0 Å². The van der Waals surface area contributed by atoms with Gasteiger partial charge in [-0.1, -0.05) is 350 Å². The van der Waals surface area contributed by atoms with E-state index in [-0.39, 0.29) is 25.7 Å². The SMILES string of the molecule is CCCCCCCCCCCCCCCCC(=O)O[C@H](COC(=O)CCCCCCCCCC(C)C)COP(=O)(O)OC[C@H](O)COP(=O)(O)OC[C@@H](COC(=O)CCCCCCCCCCCCCC(C)C)OC(=O)CCCCCCCCCCCCCCCCCCC(C)C. The minimum atomic E-state index is -4.96. The minimum absolute atomic E-state index is 0.107. The number of hydrogen-bond acceptors (Lipinski definition) is 15. The molecule has 97 heavy (non-hydrogen) atoms. The van der Waals surface area contributed by atoms with Gasteiger partial charge in [-0.15, -0.1) is 0 Å². The van der Waals surface area contributed by atoms with Crippen molar-refractivity contribution in [1.29, 1.82) is 0 Å². The molecule has 0 aromatic heterocycles. The maximum Gasteiger partial charge on any atom is 0.472 e. The van der Waals surface area contributed by atoms with E-state index < -0.39 is 97.5 Å². The zero-order valence-corrected chi connectivity index (χ0v) is 65.3. The maximum absolute atomic E-state index is 13.1. The van der Waals surface area contributed by atoms with Crippen molar-refractivity contribution in [2.75, 3.05) is 39.6 Å². The number of unbranched alkanes of at least 4 members (excludes halogenated alkanes) is 44.